The highest BCUT2D eigenvalue weighted by molar-refractivity contribution is 14.0. The van der Waals surface area contributed by atoms with Crippen molar-refractivity contribution < 1.29 is 4.79 Å². The highest BCUT2D eigenvalue weighted by atomic mass is 127. The SMILES string of the molecule is C=CCN(CC=C)C(CN=C(NCC)N1CCC(CC(=O)NC)CC1)C(C)C.I. The van der Waals surface area contributed by atoms with Gasteiger partial charge in [0.1, 0.15) is 0 Å². The first-order valence-corrected chi connectivity index (χ1v) is 10.7. The number of nitrogens with zero attached hydrogens (tertiary/aromatic N) is 3. The maximum Gasteiger partial charge on any atom is 0.220 e. The van der Waals surface area contributed by atoms with Gasteiger partial charge in [-0.05, 0) is 31.6 Å². The minimum absolute atomic E-state index is 0. The van der Waals surface area contributed by atoms with Crippen LogP contribution in [-0.2, 0) is 4.79 Å². The molecule has 0 saturated carbocycles. The molecular weight excluding hydrogens is 477 g/mol. The van der Waals surface area contributed by atoms with Gasteiger partial charge in [0, 0.05) is 52.2 Å². The molecule has 1 saturated heterocycles. The number of nitrogens with one attached hydrogen (secondary N) is 2. The number of halogens is 1. The zero-order valence-corrected chi connectivity index (χ0v) is 21.2. The highest BCUT2D eigenvalue weighted by Crippen LogP contribution is 2.20. The summed E-state index contributed by atoms with van der Waals surface area (Å²) < 4.78 is 0. The van der Waals surface area contributed by atoms with E-state index in [9.17, 15) is 4.79 Å². The Morgan fingerprint density at radius 2 is 1.83 bits per heavy atom. The molecule has 1 heterocycles. The van der Waals surface area contributed by atoms with E-state index in [0.717, 1.165) is 58.1 Å². The van der Waals surface area contributed by atoms with Gasteiger partial charge in [-0.2, -0.15) is 0 Å². The van der Waals surface area contributed by atoms with E-state index >= 15 is 0 Å². The molecule has 1 rings (SSSR count). The molecule has 1 amide bonds. The second-order valence-electron chi connectivity index (χ2n) is 7.84. The van der Waals surface area contributed by atoms with Gasteiger partial charge in [-0.15, -0.1) is 37.1 Å². The molecule has 0 aromatic heterocycles. The van der Waals surface area contributed by atoms with Gasteiger partial charge in [0.15, 0.2) is 5.96 Å². The zero-order valence-electron chi connectivity index (χ0n) is 18.8. The van der Waals surface area contributed by atoms with E-state index in [-0.39, 0.29) is 29.9 Å². The van der Waals surface area contributed by atoms with Crippen LogP contribution in [0, 0.1) is 11.8 Å². The number of aliphatic imine (C=N–C) groups is 1. The predicted molar refractivity (Wildman–Crippen MR) is 135 cm³/mol. The molecular formula is C22H42IN5O. The van der Waals surface area contributed by atoms with E-state index in [1.807, 2.05) is 12.2 Å². The standard InChI is InChI=1S/C22H41N5O.HI/c1-7-12-26(13-8-2)20(18(4)5)17-25-22(24-9-3)27-14-10-19(11-15-27)16-21(28)23-6;/h7-8,18-20H,1-2,9-17H2,3-6H3,(H,23,28)(H,24,25);1H. The van der Waals surface area contributed by atoms with Crippen LogP contribution in [0.5, 0.6) is 0 Å². The molecule has 0 aromatic rings. The smallest absolute Gasteiger partial charge is 0.220 e. The van der Waals surface area contributed by atoms with Crippen LogP contribution in [0.1, 0.15) is 40.0 Å². The summed E-state index contributed by atoms with van der Waals surface area (Å²) in [6.45, 7) is 19.6. The number of hydrogen-bond acceptors (Lipinski definition) is 3. The Morgan fingerprint density at radius 1 is 1.24 bits per heavy atom. The molecule has 29 heavy (non-hydrogen) atoms. The van der Waals surface area contributed by atoms with E-state index in [2.05, 4.69) is 54.4 Å². The molecule has 0 radical (unpaired) electrons. The van der Waals surface area contributed by atoms with Crippen LogP contribution in [0.2, 0.25) is 0 Å². The number of likely N-dealkylation sites (tertiary alicyclic amines) is 1. The number of carbonyl (C=O) groups excluding carboxylic acids is 1. The second-order valence-corrected chi connectivity index (χ2v) is 7.84. The van der Waals surface area contributed by atoms with Crippen LogP contribution in [0.3, 0.4) is 0 Å². The zero-order chi connectivity index (χ0) is 20.9. The summed E-state index contributed by atoms with van der Waals surface area (Å²) in [6, 6.07) is 0.343. The lowest BCUT2D eigenvalue weighted by molar-refractivity contribution is -0.121. The second kappa shape index (κ2) is 15.7. The lowest BCUT2D eigenvalue weighted by atomic mass is 9.93. The Bertz CT molecular complexity index is 505. The van der Waals surface area contributed by atoms with E-state index in [1.165, 1.54) is 0 Å². The largest absolute Gasteiger partial charge is 0.359 e. The summed E-state index contributed by atoms with van der Waals surface area (Å²) in [7, 11) is 1.71. The summed E-state index contributed by atoms with van der Waals surface area (Å²) in [5.74, 6) is 2.09. The van der Waals surface area contributed by atoms with Crippen LogP contribution in [0.15, 0.2) is 30.3 Å². The Hall–Kier alpha value is -1.09. The Balaban J connectivity index is 0.00000784. The van der Waals surface area contributed by atoms with Crippen molar-refractivity contribution in [1.82, 2.24) is 20.4 Å². The van der Waals surface area contributed by atoms with Crippen molar-refractivity contribution in [3.8, 4) is 0 Å². The molecule has 1 unspecified atom stereocenters. The average Bonchev–Trinajstić information content (AvgIpc) is 2.68. The molecule has 0 spiro atoms. The van der Waals surface area contributed by atoms with Gasteiger partial charge in [-0.25, -0.2) is 0 Å². The van der Waals surface area contributed by atoms with Crippen molar-refractivity contribution in [2.75, 3.05) is 46.3 Å². The van der Waals surface area contributed by atoms with Crippen molar-refractivity contribution in [1.29, 1.82) is 0 Å². The normalized spacial score (nSPS) is 16.3. The molecule has 1 fully saturated rings. The molecule has 168 valence electrons. The van der Waals surface area contributed by atoms with Gasteiger partial charge < -0.3 is 15.5 Å². The topological polar surface area (TPSA) is 60.0 Å². The van der Waals surface area contributed by atoms with Gasteiger partial charge >= 0.3 is 0 Å². The number of rotatable bonds is 11. The van der Waals surface area contributed by atoms with Crippen molar-refractivity contribution in [3.05, 3.63) is 25.3 Å². The van der Waals surface area contributed by atoms with Crippen molar-refractivity contribution in [2.45, 2.75) is 46.1 Å². The quantitative estimate of drug-likeness (QED) is 0.191. The fourth-order valence-electron chi connectivity index (χ4n) is 3.74. The summed E-state index contributed by atoms with van der Waals surface area (Å²) in [5.41, 5.74) is 0. The molecule has 6 nitrogen and oxygen atoms in total. The Morgan fingerprint density at radius 3 is 2.28 bits per heavy atom. The maximum atomic E-state index is 11.6. The van der Waals surface area contributed by atoms with Gasteiger partial charge in [0.2, 0.25) is 5.91 Å². The number of amides is 1. The first-order valence-electron chi connectivity index (χ1n) is 10.7. The minimum Gasteiger partial charge on any atom is -0.359 e. The third kappa shape index (κ3) is 9.98. The summed E-state index contributed by atoms with van der Waals surface area (Å²) in [6.07, 6.45) is 6.59. The Labute approximate surface area is 195 Å². The first-order chi connectivity index (χ1) is 13.5. The van der Waals surface area contributed by atoms with Gasteiger partial charge in [-0.3, -0.25) is 14.7 Å². The third-order valence-electron chi connectivity index (χ3n) is 5.40. The monoisotopic (exact) mass is 519 g/mol. The molecule has 1 aliphatic heterocycles. The van der Waals surface area contributed by atoms with E-state index in [4.69, 9.17) is 4.99 Å². The molecule has 0 aromatic carbocycles. The number of guanidine groups is 1. The summed E-state index contributed by atoms with van der Waals surface area (Å²) in [4.78, 5) is 21.3. The van der Waals surface area contributed by atoms with Gasteiger partial charge in [0.05, 0.1) is 6.54 Å². The fourth-order valence-corrected chi connectivity index (χ4v) is 3.74. The van der Waals surface area contributed by atoms with Crippen LogP contribution < -0.4 is 10.6 Å². The predicted octanol–water partition coefficient (Wildman–Crippen LogP) is 3.12. The third-order valence-corrected chi connectivity index (χ3v) is 5.40. The summed E-state index contributed by atoms with van der Waals surface area (Å²) in [5, 5.41) is 6.19. The van der Waals surface area contributed by atoms with Gasteiger partial charge in [-0.1, -0.05) is 26.0 Å². The van der Waals surface area contributed by atoms with Crippen molar-refractivity contribution in [2.24, 2.45) is 16.8 Å². The average molecular weight is 520 g/mol. The van der Waals surface area contributed by atoms with Crippen molar-refractivity contribution >= 4 is 35.8 Å². The molecule has 0 aliphatic carbocycles. The van der Waals surface area contributed by atoms with E-state index in [0.29, 0.717) is 24.3 Å². The molecule has 2 N–H and O–H groups in total. The van der Waals surface area contributed by atoms with E-state index in [1.54, 1.807) is 7.05 Å². The highest BCUT2D eigenvalue weighted by Gasteiger charge is 2.24. The number of hydrogen-bond donors (Lipinski definition) is 2. The van der Waals surface area contributed by atoms with Crippen molar-refractivity contribution in [3.63, 3.8) is 0 Å². The van der Waals surface area contributed by atoms with Crippen LogP contribution in [0.4, 0.5) is 0 Å². The maximum absolute atomic E-state index is 11.6. The molecule has 7 heteroatoms. The molecule has 1 atom stereocenters. The molecule has 0 bridgehead atoms. The Kier molecular flexibility index (Phi) is 15.1. The van der Waals surface area contributed by atoms with E-state index < -0.39 is 0 Å². The molecule has 1 aliphatic rings. The summed E-state index contributed by atoms with van der Waals surface area (Å²) >= 11 is 0. The van der Waals surface area contributed by atoms with Crippen LogP contribution in [-0.4, -0.2) is 74.0 Å². The minimum atomic E-state index is 0. The van der Waals surface area contributed by atoms with Crippen LogP contribution >= 0.6 is 24.0 Å². The van der Waals surface area contributed by atoms with Gasteiger partial charge in [0.25, 0.3) is 0 Å². The number of piperidine rings is 1. The first kappa shape index (κ1) is 27.9. The fraction of sp³-hybridized carbons (Fsp3) is 0.727. The number of carbonyl (C=O) groups is 1. The lowest BCUT2D eigenvalue weighted by Gasteiger charge is -2.35. The van der Waals surface area contributed by atoms with Crippen LogP contribution in [0.25, 0.3) is 0 Å². The lowest BCUT2D eigenvalue weighted by Crippen LogP contribution is -2.47.